The summed E-state index contributed by atoms with van der Waals surface area (Å²) in [5.41, 5.74) is 0. The van der Waals surface area contributed by atoms with Crippen LogP contribution in [0.25, 0.3) is 0 Å². The maximum Gasteiger partial charge on any atom is 0.243 e. The van der Waals surface area contributed by atoms with E-state index in [-0.39, 0.29) is 29.8 Å². The van der Waals surface area contributed by atoms with E-state index in [1.54, 1.807) is 4.90 Å². The van der Waals surface area contributed by atoms with Crippen molar-refractivity contribution in [2.24, 2.45) is 5.92 Å². The molecule has 2 saturated heterocycles. The Balaban J connectivity index is 1.56. The molecule has 3 rings (SSSR count). The molecule has 2 heterocycles. The number of amides is 2. The van der Waals surface area contributed by atoms with Gasteiger partial charge in [0.2, 0.25) is 11.8 Å². The van der Waals surface area contributed by atoms with E-state index in [0.717, 1.165) is 38.4 Å². The Labute approximate surface area is 133 Å². The Kier molecular flexibility index (Phi) is 4.44. The van der Waals surface area contributed by atoms with E-state index in [1.165, 1.54) is 12.8 Å². The summed E-state index contributed by atoms with van der Waals surface area (Å²) in [6.45, 7) is 7.77. The molecule has 0 spiro atoms. The maximum atomic E-state index is 12.6. The summed E-state index contributed by atoms with van der Waals surface area (Å²) in [7, 11) is 0. The fourth-order valence-corrected chi connectivity index (χ4v) is 4.01. The molecule has 0 aromatic rings. The topological polar surface area (TPSA) is 52.7 Å². The van der Waals surface area contributed by atoms with Crippen LogP contribution in [-0.4, -0.2) is 58.9 Å². The molecule has 1 saturated carbocycles. The standard InChI is InChI=1S/C17H29N3O2/c1-11(2)17(22)19-8-4-5-15(19)16(21)18-13-9-12(3)20(10-13)14-6-7-14/h11-15H,4-10H2,1-3H3,(H,18,21)/t12-,13+,15-/m1/s1. The van der Waals surface area contributed by atoms with Gasteiger partial charge in [-0.1, -0.05) is 13.8 Å². The van der Waals surface area contributed by atoms with Gasteiger partial charge in [0.15, 0.2) is 0 Å². The van der Waals surface area contributed by atoms with Crippen LogP contribution in [0.5, 0.6) is 0 Å². The van der Waals surface area contributed by atoms with Crippen LogP contribution in [0, 0.1) is 5.92 Å². The molecule has 0 unspecified atom stereocenters. The van der Waals surface area contributed by atoms with Gasteiger partial charge < -0.3 is 10.2 Å². The van der Waals surface area contributed by atoms with Gasteiger partial charge >= 0.3 is 0 Å². The van der Waals surface area contributed by atoms with Crippen molar-refractivity contribution in [3.05, 3.63) is 0 Å². The van der Waals surface area contributed by atoms with Crippen LogP contribution in [0.3, 0.4) is 0 Å². The maximum absolute atomic E-state index is 12.6. The number of hydrogen-bond donors (Lipinski definition) is 1. The summed E-state index contributed by atoms with van der Waals surface area (Å²) in [4.78, 5) is 29.2. The van der Waals surface area contributed by atoms with Crippen LogP contribution >= 0.6 is 0 Å². The molecular weight excluding hydrogens is 278 g/mol. The summed E-state index contributed by atoms with van der Waals surface area (Å²) in [5, 5.41) is 3.21. The van der Waals surface area contributed by atoms with Crippen molar-refractivity contribution in [1.29, 1.82) is 0 Å². The molecule has 0 radical (unpaired) electrons. The van der Waals surface area contributed by atoms with Gasteiger partial charge in [-0.05, 0) is 39.0 Å². The monoisotopic (exact) mass is 307 g/mol. The van der Waals surface area contributed by atoms with Crippen LogP contribution < -0.4 is 5.32 Å². The Morgan fingerprint density at radius 3 is 2.55 bits per heavy atom. The number of rotatable bonds is 4. The lowest BCUT2D eigenvalue weighted by atomic mass is 10.1. The second-order valence-corrected chi connectivity index (χ2v) is 7.56. The molecule has 5 heteroatoms. The molecule has 2 amide bonds. The van der Waals surface area contributed by atoms with Gasteiger partial charge in [-0.15, -0.1) is 0 Å². The second kappa shape index (κ2) is 6.19. The Bertz CT molecular complexity index is 447. The molecule has 3 fully saturated rings. The zero-order valence-corrected chi connectivity index (χ0v) is 14.0. The molecule has 1 aliphatic carbocycles. The van der Waals surface area contributed by atoms with Gasteiger partial charge in [-0.25, -0.2) is 0 Å². The quantitative estimate of drug-likeness (QED) is 0.853. The first-order valence-electron chi connectivity index (χ1n) is 8.84. The van der Waals surface area contributed by atoms with E-state index in [2.05, 4.69) is 17.1 Å². The van der Waals surface area contributed by atoms with Gasteiger partial charge in [0, 0.05) is 37.1 Å². The number of nitrogens with one attached hydrogen (secondary N) is 1. The Hall–Kier alpha value is -1.10. The normalized spacial score (nSPS) is 32.7. The molecule has 5 nitrogen and oxygen atoms in total. The molecule has 1 N–H and O–H groups in total. The van der Waals surface area contributed by atoms with Crippen LogP contribution in [0.2, 0.25) is 0 Å². The molecule has 22 heavy (non-hydrogen) atoms. The smallest absolute Gasteiger partial charge is 0.243 e. The van der Waals surface area contributed by atoms with Crippen LogP contribution in [0.1, 0.15) is 52.9 Å². The van der Waals surface area contributed by atoms with Crippen molar-refractivity contribution >= 4 is 11.8 Å². The predicted octanol–water partition coefficient (Wildman–Crippen LogP) is 1.37. The molecule has 0 aromatic heterocycles. The zero-order valence-electron chi connectivity index (χ0n) is 14.0. The van der Waals surface area contributed by atoms with Crippen molar-refractivity contribution in [2.45, 2.75) is 77.0 Å². The lowest BCUT2D eigenvalue weighted by Crippen LogP contribution is -2.50. The molecule has 3 aliphatic rings. The first-order chi connectivity index (χ1) is 10.5. The highest BCUT2D eigenvalue weighted by Crippen LogP contribution is 2.33. The molecule has 124 valence electrons. The molecule has 2 aliphatic heterocycles. The molecule has 0 aromatic carbocycles. The fourth-order valence-electron chi connectivity index (χ4n) is 4.01. The number of carbonyl (C=O) groups excluding carboxylic acids is 2. The number of carbonyl (C=O) groups is 2. The Morgan fingerprint density at radius 1 is 1.18 bits per heavy atom. The zero-order chi connectivity index (χ0) is 15.9. The van der Waals surface area contributed by atoms with Crippen molar-refractivity contribution in [3.63, 3.8) is 0 Å². The molecule has 3 atom stereocenters. The summed E-state index contributed by atoms with van der Waals surface area (Å²) in [6, 6.07) is 1.32. The third kappa shape index (κ3) is 3.14. The van der Waals surface area contributed by atoms with E-state index in [9.17, 15) is 9.59 Å². The van der Waals surface area contributed by atoms with Gasteiger partial charge in [-0.2, -0.15) is 0 Å². The van der Waals surface area contributed by atoms with Crippen molar-refractivity contribution in [1.82, 2.24) is 15.1 Å². The number of nitrogens with zero attached hydrogens (tertiary/aromatic N) is 2. The lowest BCUT2D eigenvalue weighted by molar-refractivity contribution is -0.141. The third-order valence-corrected chi connectivity index (χ3v) is 5.32. The van der Waals surface area contributed by atoms with Gasteiger partial charge in [0.05, 0.1) is 0 Å². The van der Waals surface area contributed by atoms with Crippen LogP contribution in [-0.2, 0) is 9.59 Å². The highest BCUT2D eigenvalue weighted by molar-refractivity contribution is 5.89. The minimum atomic E-state index is -0.250. The van der Waals surface area contributed by atoms with E-state index in [0.29, 0.717) is 6.04 Å². The van der Waals surface area contributed by atoms with E-state index < -0.39 is 0 Å². The van der Waals surface area contributed by atoms with Gasteiger partial charge in [0.1, 0.15) is 6.04 Å². The third-order valence-electron chi connectivity index (χ3n) is 5.32. The minimum Gasteiger partial charge on any atom is -0.350 e. The summed E-state index contributed by atoms with van der Waals surface area (Å²) in [5.74, 6) is 0.128. The number of likely N-dealkylation sites (tertiary alicyclic amines) is 2. The highest BCUT2D eigenvalue weighted by atomic mass is 16.2. The first kappa shape index (κ1) is 15.8. The minimum absolute atomic E-state index is 0.0368. The summed E-state index contributed by atoms with van der Waals surface area (Å²) < 4.78 is 0. The number of hydrogen-bond acceptors (Lipinski definition) is 3. The predicted molar refractivity (Wildman–Crippen MR) is 85.3 cm³/mol. The molecule has 0 bridgehead atoms. The van der Waals surface area contributed by atoms with Gasteiger partial charge in [0.25, 0.3) is 0 Å². The summed E-state index contributed by atoms with van der Waals surface area (Å²) in [6.07, 6.45) is 5.40. The van der Waals surface area contributed by atoms with E-state index in [1.807, 2.05) is 13.8 Å². The Morgan fingerprint density at radius 2 is 1.91 bits per heavy atom. The van der Waals surface area contributed by atoms with Gasteiger partial charge in [-0.3, -0.25) is 14.5 Å². The largest absolute Gasteiger partial charge is 0.350 e. The average Bonchev–Trinajstić information content (AvgIpc) is 3.06. The van der Waals surface area contributed by atoms with Crippen molar-refractivity contribution in [2.75, 3.05) is 13.1 Å². The van der Waals surface area contributed by atoms with E-state index >= 15 is 0 Å². The van der Waals surface area contributed by atoms with Crippen LogP contribution in [0.4, 0.5) is 0 Å². The van der Waals surface area contributed by atoms with E-state index in [4.69, 9.17) is 0 Å². The van der Waals surface area contributed by atoms with Crippen molar-refractivity contribution in [3.8, 4) is 0 Å². The fraction of sp³-hybridized carbons (Fsp3) is 0.882. The van der Waals surface area contributed by atoms with Crippen LogP contribution in [0.15, 0.2) is 0 Å². The second-order valence-electron chi connectivity index (χ2n) is 7.56. The first-order valence-corrected chi connectivity index (χ1v) is 8.84. The molecular formula is C17H29N3O2. The average molecular weight is 307 g/mol. The SMILES string of the molecule is CC(C)C(=O)N1CCC[C@@H]1C(=O)N[C@H]1C[C@@H](C)N(C2CC2)C1. The highest BCUT2D eigenvalue weighted by Gasteiger charge is 2.41. The van der Waals surface area contributed by atoms with Crippen molar-refractivity contribution < 1.29 is 9.59 Å². The lowest BCUT2D eigenvalue weighted by Gasteiger charge is -2.27. The summed E-state index contributed by atoms with van der Waals surface area (Å²) >= 11 is 0.